The standard InChI is InChI=1S/C23H20F3NO6/c1-30-17-7-12(8-18(31-2)21(17)32-3)15-10-19(28)27(16-11-33-22(29)20(15)16)14-6-4-5-13(9-14)23(24,25)26/h4-9,15H,10-11H2,1-3H3. The predicted octanol–water partition coefficient (Wildman–Crippen LogP) is 4.06. The summed E-state index contributed by atoms with van der Waals surface area (Å²) < 4.78 is 60.9. The monoisotopic (exact) mass is 463 g/mol. The fourth-order valence-electron chi connectivity index (χ4n) is 4.16. The van der Waals surface area contributed by atoms with Gasteiger partial charge in [-0.3, -0.25) is 9.69 Å². The van der Waals surface area contributed by atoms with Gasteiger partial charge in [0.2, 0.25) is 11.7 Å². The third kappa shape index (κ3) is 3.85. The summed E-state index contributed by atoms with van der Waals surface area (Å²) in [7, 11) is 4.33. The minimum Gasteiger partial charge on any atom is -0.493 e. The number of nitrogens with zero attached hydrogens (tertiary/aromatic N) is 1. The molecular formula is C23H20F3NO6. The van der Waals surface area contributed by atoms with E-state index < -0.39 is 29.5 Å². The molecule has 2 aromatic carbocycles. The molecule has 0 saturated carbocycles. The number of carbonyl (C=O) groups excluding carboxylic acids is 2. The van der Waals surface area contributed by atoms with Crippen molar-refractivity contribution in [3.05, 3.63) is 58.8 Å². The van der Waals surface area contributed by atoms with Crippen LogP contribution in [0.15, 0.2) is 47.7 Å². The number of rotatable bonds is 5. The number of cyclic esters (lactones) is 1. The molecule has 1 atom stereocenters. The van der Waals surface area contributed by atoms with E-state index in [1.165, 1.54) is 33.5 Å². The molecule has 0 aromatic heterocycles. The zero-order chi connectivity index (χ0) is 23.9. The number of carbonyl (C=O) groups is 2. The normalized spacial score (nSPS) is 18.2. The summed E-state index contributed by atoms with van der Waals surface area (Å²) in [6.45, 7) is -0.225. The molecule has 2 aliphatic rings. The molecule has 0 aliphatic carbocycles. The van der Waals surface area contributed by atoms with Gasteiger partial charge in [0, 0.05) is 18.0 Å². The molecule has 0 N–H and O–H groups in total. The number of hydrogen-bond donors (Lipinski definition) is 0. The molecule has 0 saturated heterocycles. The van der Waals surface area contributed by atoms with Crippen molar-refractivity contribution in [2.75, 3.05) is 32.8 Å². The predicted molar refractivity (Wildman–Crippen MR) is 110 cm³/mol. The number of methoxy groups -OCH3 is 3. The summed E-state index contributed by atoms with van der Waals surface area (Å²) in [6, 6.07) is 7.67. The molecule has 174 valence electrons. The van der Waals surface area contributed by atoms with Gasteiger partial charge in [-0.05, 0) is 35.9 Å². The van der Waals surface area contributed by atoms with E-state index in [-0.39, 0.29) is 30.0 Å². The lowest BCUT2D eigenvalue weighted by Gasteiger charge is -2.32. The highest BCUT2D eigenvalue weighted by Crippen LogP contribution is 2.47. The third-order valence-electron chi connectivity index (χ3n) is 5.64. The number of anilines is 1. The number of benzene rings is 2. The summed E-state index contributed by atoms with van der Waals surface area (Å²) in [5.74, 6) is -0.766. The average molecular weight is 463 g/mol. The Morgan fingerprint density at radius 3 is 2.24 bits per heavy atom. The molecule has 1 unspecified atom stereocenters. The Bertz CT molecular complexity index is 1130. The average Bonchev–Trinajstić information content (AvgIpc) is 3.18. The van der Waals surface area contributed by atoms with Crippen molar-refractivity contribution in [3.8, 4) is 17.2 Å². The van der Waals surface area contributed by atoms with Crippen LogP contribution in [-0.4, -0.2) is 39.8 Å². The fourth-order valence-corrected chi connectivity index (χ4v) is 4.16. The first-order chi connectivity index (χ1) is 15.7. The lowest BCUT2D eigenvalue weighted by Crippen LogP contribution is -2.37. The second kappa shape index (κ2) is 8.34. The van der Waals surface area contributed by atoms with Gasteiger partial charge < -0.3 is 18.9 Å². The Labute approximate surface area is 187 Å². The summed E-state index contributed by atoms with van der Waals surface area (Å²) in [5, 5.41) is 0. The van der Waals surface area contributed by atoms with Gasteiger partial charge in [0.1, 0.15) is 6.61 Å². The van der Waals surface area contributed by atoms with E-state index in [4.69, 9.17) is 18.9 Å². The van der Waals surface area contributed by atoms with Crippen LogP contribution in [0.2, 0.25) is 0 Å². The first-order valence-electron chi connectivity index (χ1n) is 9.89. The molecule has 0 radical (unpaired) electrons. The minimum absolute atomic E-state index is 0.0176. The summed E-state index contributed by atoms with van der Waals surface area (Å²) >= 11 is 0. The number of ether oxygens (including phenoxy) is 4. The Hall–Kier alpha value is -3.69. The molecule has 4 rings (SSSR count). The maximum absolute atomic E-state index is 13.2. The van der Waals surface area contributed by atoms with Crippen molar-refractivity contribution in [1.82, 2.24) is 0 Å². The van der Waals surface area contributed by atoms with Crippen LogP contribution in [0.5, 0.6) is 17.2 Å². The maximum atomic E-state index is 13.2. The second-order valence-electron chi connectivity index (χ2n) is 7.43. The van der Waals surface area contributed by atoms with Crippen LogP contribution in [-0.2, 0) is 20.5 Å². The van der Waals surface area contributed by atoms with Crippen molar-refractivity contribution < 1.29 is 41.7 Å². The first-order valence-corrected chi connectivity index (χ1v) is 9.89. The van der Waals surface area contributed by atoms with Crippen LogP contribution in [0.3, 0.4) is 0 Å². The maximum Gasteiger partial charge on any atom is 0.416 e. The highest BCUT2D eigenvalue weighted by molar-refractivity contribution is 6.06. The zero-order valence-corrected chi connectivity index (χ0v) is 18.0. The van der Waals surface area contributed by atoms with E-state index in [2.05, 4.69) is 0 Å². The van der Waals surface area contributed by atoms with Gasteiger partial charge in [-0.25, -0.2) is 4.79 Å². The molecule has 0 fully saturated rings. The Balaban J connectivity index is 1.84. The minimum atomic E-state index is -4.58. The van der Waals surface area contributed by atoms with Crippen LogP contribution >= 0.6 is 0 Å². The molecule has 10 heteroatoms. The number of esters is 1. The van der Waals surface area contributed by atoms with Crippen LogP contribution in [0, 0.1) is 0 Å². The van der Waals surface area contributed by atoms with E-state index >= 15 is 0 Å². The highest BCUT2D eigenvalue weighted by atomic mass is 19.4. The quantitative estimate of drug-likeness (QED) is 0.623. The van der Waals surface area contributed by atoms with Crippen LogP contribution < -0.4 is 19.1 Å². The largest absolute Gasteiger partial charge is 0.493 e. The van der Waals surface area contributed by atoms with Crippen molar-refractivity contribution in [2.24, 2.45) is 0 Å². The smallest absolute Gasteiger partial charge is 0.416 e. The van der Waals surface area contributed by atoms with Crippen molar-refractivity contribution >= 4 is 17.6 Å². The van der Waals surface area contributed by atoms with E-state index in [1.54, 1.807) is 12.1 Å². The van der Waals surface area contributed by atoms with E-state index in [0.29, 0.717) is 22.8 Å². The van der Waals surface area contributed by atoms with Gasteiger partial charge in [0.15, 0.2) is 11.5 Å². The first kappa shape index (κ1) is 22.5. The molecule has 2 heterocycles. The number of alkyl halides is 3. The number of halogens is 3. The summed E-state index contributed by atoms with van der Waals surface area (Å²) in [6.07, 6.45) is -4.74. The molecule has 0 spiro atoms. The number of amides is 1. The van der Waals surface area contributed by atoms with Crippen LogP contribution in [0.4, 0.5) is 18.9 Å². The Morgan fingerprint density at radius 2 is 1.67 bits per heavy atom. The van der Waals surface area contributed by atoms with Gasteiger partial charge in [-0.1, -0.05) is 6.07 Å². The van der Waals surface area contributed by atoms with Crippen LogP contribution in [0.25, 0.3) is 0 Å². The molecule has 1 amide bonds. The molecule has 33 heavy (non-hydrogen) atoms. The van der Waals surface area contributed by atoms with Crippen molar-refractivity contribution in [2.45, 2.75) is 18.5 Å². The summed E-state index contributed by atoms with van der Waals surface area (Å²) in [4.78, 5) is 27.0. The van der Waals surface area contributed by atoms with E-state index in [0.717, 1.165) is 17.0 Å². The van der Waals surface area contributed by atoms with Crippen LogP contribution in [0.1, 0.15) is 23.5 Å². The SMILES string of the molecule is COc1cc(C2CC(=O)N(c3cccc(C(F)(F)F)c3)C3=C2C(=O)OC3)cc(OC)c1OC. The summed E-state index contributed by atoms with van der Waals surface area (Å²) in [5.41, 5.74) is 0.0967. The van der Waals surface area contributed by atoms with Crippen molar-refractivity contribution in [3.63, 3.8) is 0 Å². The molecule has 2 aromatic rings. The lowest BCUT2D eigenvalue weighted by atomic mass is 9.83. The number of hydrogen-bond acceptors (Lipinski definition) is 6. The zero-order valence-electron chi connectivity index (χ0n) is 18.0. The van der Waals surface area contributed by atoms with E-state index in [1.807, 2.05) is 0 Å². The van der Waals surface area contributed by atoms with E-state index in [9.17, 15) is 22.8 Å². The topological polar surface area (TPSA) is 74.3 Å². The second-order valence-corrected chi connectivity index (χ2v) is 7.43. The Kier molecular flexibility index (Phi) is 5.69. The van der Waals surface area contributed by atoms with Gasteiger partial charge >= 0.3 is 12.1 Å². The van der Waals surface area contributed by atoms with Gasteiger partial charge in [-0.15, -0.1) is 0 Å². The molecule has 2 aliphatic heterocycles. The lowest BCUT2D eigenvalue weighted by molar-refractivity contribution is -0.138. The fraction of sp³-hybridized carbons (Fsp3) is 0.304. The molecular weight excluding hydrogens is 443 g/mol. The molecule has 7 nitrogen and oxygen atoms in total. The third-order valence-corrected chi connectivity index (χ3v) is 5.64. The highest BCUT2D eigenvalue weighted by Gasteiger charge is 2.44. The van der Waals surface area contributed by atoms with Gasteiger partial charge in [0.05, 0.1) is 38.2 Å². The van der Waals surface area contributed by atoms with Gasteiger partial charge in [0.25, 0.3) is 0 Å². The molecule has 0 bridgehead atoms. The van der Waals surface area contributed by atoms with Crippen molar-refractivity contribution in [1.29, 1.82) is 0 Å². The van der Waals surface area contributed by atoms with Gasteiger partial charge in [-0.2, -0.15) is 13.2 Å². The Morgan fingerprint density at radius 1 is 1.00 bits per heavy atom.